The van der Waals surface area contributed by atoms with Crippen LogP contribution in [0.15, 0.2) is 77.8 Å². The Labute approximate surface area is 194 Å². The molecule has 1 aromatic heterocycles. The second-order valence-electron chi connectivity index (χ2n) is 7.35. The molecule has 1 aliphatic rings. The molecular weight excluding hydrogens is 441 g/mol. The van der Waals surface area contributed by atoms with Crippen molar-refractivity contribution in [2.75, 3.05) is 6.54 Å². The average molecular weight is 462 g/mol. The summed E-state index contributed by atoms with van der Waals surface area (Å²) in [6.45, 7) is 0.480. The summed E-state index contributed by atoms with van der Waals surface area (Å²) >= 11 is 0.839. The zero-order valence-electron chi connectivity index (χ0n) is 17.5. The Balaban J connectivity index is 1.36. The van der Waals surface area contributed by atoms with E-state index in [0.29, 0.717) is 29.7 Å². The van der Waals surface area contributed by atoms with E-state index in [1.807, 2.05) is 18.2 Å². The Kier molecular flexibility index (Phi) is 6.95. The largest absolute Gasteiger partial charge is 0.352 e. The molecule has 1 saturated heterocycles. The van der Waals surface area contributed by atoms with E-state index in [1.165, 1.54) is 18.2 Å². The minimum Gasteiger partial charge on any atom is -0.352 e. The first kappa shape index (κ1) is 22.4. The summed E-state index contributed by atoms with van der Waals surface area (Å²) in [6, 6.07) is 18.2. The lowest BCUT2D eigenvalue weighted by Gasteiger charge is -2.12. The van der Waals surface area contributed by atoms with E-state index in [1.54, 1.807) is 42.6 Å². The van der Waals surface area contributed by atoms with Crippen molar-refractivity contribution in [1.29, 1.82) is 0 Å². The topological polar surface area (TPSA) is 79.4 Å². The van der Waals surface area contributed by atoms with E-state index in [0.717, 1.165) is 22.4 Å². The van der Waals surface area contributed by atoms with Gasteiger partial charge in [-0.25, -0.2) is 4.39 Å². The van der Waals surface area contributed by atoms with Gasteiger partial charge in [0.05, 0.1) is 11.4 Å². The van der Waals surface area contributed by atoms with E-state index < -0.39 is 17.0 Å². The lowest BCUT2D eigenvalue weighted by Crippen LogP contribution is -2.27. The fourth-order valence-corrected chi connectivity index (χ4v) is 4.13. The highest BCUT2D eigenvalue weighted by Crippen LogP contribution is 2.33. The standard InChI is InChI=1S/C25H20FN3O3S/c26-20-5-3-4-18(14-20)16-29-24(31)22(33-25(29)32)15-17-7-9-19(10-8-17)23(30)28-13-11-21-6-1-2-12-27-21/h1-10,12,14-15H,11,13,16H2,(H,28,30)/b22-15-. The number of halogens is 1. The normalized spacial score (nSPS) is 14.7. The maximum Gasteiger partial charge on any atom is 0.293 e. The minimum atomic E-state index is -0.425. The molecule has 3 aromatic rings. The Morgan fingerprint density at radius 1 is 1.06 bits per heavy atom. The molecule has 6 nitrogen and oxygen atoms in total. The van der Waals surface area contributed by atoms with Crippen LogP contribution in [0, 0.1) is 5.82 Å². The predicted octanol–water partition coefficient (Wildman–Crippen LogP) is 4.43. The van der Waals surface area contributed by atoms with E-state index >= 15 is 0 Å². The number of aromatic nitrogens is 1. The number of thioether (sulfide) groups is 1. The molecule has 0 radical (unpaired) electrons. The number of carbonyl (C=O) groups excluding carboxylic acids is 3. The van der Waals surface area contributed by atoms with Crippen molar-refractivity contribution in [3.8, 4) is 0 Å². The van der Waals surface area contributed by atoms with Crippen molar-refractivity contribution in [1.82, 2.24) is 15.2 Å². The van der Waals surface area contributed by atoms with Crippen LogP contribution in [0.5, 0.6) is 0 Å². The number of benzene rings is 2. The van der Waals surface area contributed by atoms with Crippen LogP contribution in [-0.2, 0) is 17.8 Å². The second-order valence-corrected chi connectivity index (χ2v) is 8.34. The number of carbonyl (C=O) groups is 3. The highest BCUT2D eigenvalue weighted by atomic mass is 32.2. The quantitative estimate of drug-likeness (QED) is 0.527. The van der Waals surface area contributed by atoms with Gasteiger partial charge in [0, 0.05) is 30.4 Å². The number of hydrogen-bond donors (Lipinski definition) is 1. The molecule has 2 aromatic carbocycles. The molecule has 3 amide bonds. The third kappa shape index (κ3) is 5.72. The summed E-state index contributed by atoms with van der Waals surface area (Å²) in [5.41, 5.74) is 2.63. The number of rotatable bonds is 7. The van der Waals surface area contributed by atoms with Crippen molar-refractivity contribution in [2.45, 2.75) is 13.0 Å². The van der Waals surface area contributed by atoms with Gasteiger partial charge in [0.1, 0.15) is 5.82 Å². The van der Waals surface area contributed by atoms with Gasteiger partial charge in [-0.3, -0.25) is 24.3 Å². The number of pyridine rings is 1. The first-order valence-electron chi connectivity index (χ1n) is 10.3. The first-order valence-corrected chi connectivity index (χ1v) is 11.1. The van der Waals surface area contributed by atoms with Gasteiger partial charge in [0.15, 0.2) is 0 Å². The molecule has 2 heterocycles. The first-order chi connectivity index (χ1) is 16.0. The summed E-state index contributed by atoms with van der Waals surface area (Å²) in [7, 11) is 0. The molecule has 8 heteroatoms. The molecule has 1 fully saturated rings. The number of imide groups is 1. The number of nitrogens with one attached hydrogen (secondary N) is 1. The van der Waals surface area contributed by atoms with Crippen LogP contribution in [0.25, 0.3) is 6.08 Å². The number of hydrogen-bond acceptors (Lipinski definition) is 5. The van der Waals surface area contributed by atoms with Crippen LogP contribution in [0.2, 0.25) is 0 Å². The van der Waals surface area contributed by atoms with Crippen molar-refractivity contribution in [3.63, 3.8) is 0 Å². The maximum absolute atomic E-state index is 13.4. The highest BCUT2D eigenvalue weighted by Gasteiger charge is 2.35. The van der Waals surface area contributed by atoms with Crippen LogP contribution in [0.1, 0.15) is 27.2 Å². The molecule has 0 bridgehead atoms. The van der Waals surface area contributed by atoms with Crippen molar-refractivity contribution in [3.05, 3.63) is 106 Å². The molecule has 0 aliphatic carbocycles. The highest BCUT2D eigenvalue weighted by molar-refractivity contribution is 8.18. The maximum atomic E-state index is 13.4. The SMILES string of the molecule is O=C(NCCc1ccccn1)c1ccc(/C=C2\SC(=O)N(Cc3cccc(F)c3)C2=O)cc1. The van der Waals surface area contributed by atoms with E-state index in [-0.39, 0.29) is 17.4 Å². The van der Waals surface area contributed by atoms with Gasteiger partial charge in [-0.1, -0.05) is 30.3 Å². The fraction of sp³-hybridized carbons (Fsp3) is 0.120. The Morgan fingerprint density at radius 3 is 2.61 bits per heavy atom. The van der Waals surface area contributed by atoms with Crippen LogP contribution in [-0.4, -0.2) is 33.5 Å². The Bertz CT molecular complexity index is 1210. The summed E-state index contributed by atoms with van der Waals surface area (Å²) in [6.07, 6.45) is 3.96. The molecule has 0 atom stereocenters. The molecule has 1 N–H and O–H groups in total. The Morgan fingerprint density at radius 2 is 1.88 bits per heavy atom. The average Bonchev–Trinajstić information content (AvgIpc) is 3.07. The van der Waals surface area contributed by atoms with Crippen LogP contribution in [0.4, 0.5) is 9.18 Å². The van der Waals surface area contributed by atoms with Crippen molar-refractivity contribution >= 4 is 34.9 Å². The summed E-state index contributed by atoms with van der Waals surface area (Å²) in [5.74, 6) is -1.05. The van der Waals surface area contributed by atoms with Gasteiger partial charge in [-0.15, -0.1) is 0 Å². The molecule has 4 rings (SSSR count). The molecule has 0 spiro atoms. The van der Waals surface area contributed by atoms with E-state index in [4.69, 9.17) is 0 Å². The smallest absolute Gasteiger partial charge is 0.293 e. The van der Waals surface area contributed by atoms with Crippen molar-refractivity contribution < 1.29 is 18.8 Å². The number of amides is 3. The third-order valence-electron chi connectivity index (χ3n) is 4.97. The van der Waals surface area contributed by atoms with Gasteiger partial charge in [0.2, 0.25) is 0 Å². The monoisotopic (exact) mass is 461 g/mol. The van der Waals surface area contributed by atoms with Gasteiger partial charge in [0.25, 0.3) is 17.1 Å². The van der Waals surface area contributed by atoms with Crippen molar-refractivity contribution in [2.24, 2.45) is 0 Å². The molecule has 166 valence electrons. The van der Waals surface area contributed by atoms with Crippen LogP contribution < -0.4 is 5.32 Å². The van der Waals surface area contributed by atoms with Gasteiger partial charge in [-0.05, 0) is 65.4 Å². The van der Waals surface area contributed by atoms with Crippen LogP contribution in [0.3, 0.4) is 0 Å². The van der Waals surface area contributed by atoms with E-state index in [2.05, 4.69) is 10.3 Å². The van der Waals surface area contributed by atoms with Gasteiger partial charge < -0.3 is 5.32 Å². The molecule has 1 aliphatic heterocycles. The zero-order chi connectivity index (χ0) is 23.2. The van der Waals surface area contributed by atoms with Gasteiger partial charge >= 0.3 is 0 Å². The molecule has 33 heavy (non-hydrogen) atoms. The summed E-state index contributed by atoms with van der Waals surface area (Å²) in [5, 5.41) is 2.45. The van der Waals surface area contributed by atoms with E-state index in [9.17, 15) is 18.8 Å². The van der Waals surface area contributed by atoms with Crippen LogP contribution >= 0.6 is 11.8 Å². The number of nitrogens with zero attached hydrogens (tertiary/aromatic N) is 2. The lowest BCUT2D eigenvalue weighted by atomic mass is 10.1. The molecule has 0 saturated carbocycles. The third-order valence-corrected chi connectivity index (χ3v) is 5.87. The Hall–Kier alpha value is -3.78. The minimum absolute atomic E-state index is 0.0113. The summed E-state index contributed by atoms with van der Waals surface area (Å²) in [4.78, 5) is 42.9. The predicted molar refractivity (Wildman–Crippen MR) is 125 cm³/mol. The van der Waals surface area contributed by atoms with Gasteiger partial charge in [-0.2, -0.15) is 0 Å². The fourth-order valence-electron chi connectivity index (χ4n) is 3.29. The summed E-state index contributed by atoms with van der Waals surface area (Å²) < 4.78 is 13.4. The second kappa shape index (κ2) is 10.2. The zero-order valence-corrected chi connectivity index (χ0v) is 18.3. The molecular formula is C25H20FN3O3S. The molecule has 0 unspecified atom stereocenters. The lowest BCUT2D eigenvalue weighted by molar-refractivity contribution is -0.123.